The third-order valence-electron chi connectivity index (χ3n) is 4.98. The highest BCUT2D eigenvalue weighted by atomic mass is 32.2. The zero-order valence-corrected chi connectivity index (χ0v) is 18.5. The fourth-order valence-corrected chi connectivity index (χ4v) is 4.69. The first kappa shape index (κ1) is 22.7. The Balaban J connectivity index is 1.83. The number of sulfonamides is 1. The van der Waals surface area contributed by atoms with Crippen LogP contribution < -0.4 is 15.4 Å². The molecule has 1 aliphatic rings. The molecule has 2 aromatic carbocycles. The minimum atomic E-state index is -3.73. The zero-order chi connectivity index (χ0) is 22.6. The van der Waals surface area contributed by atoms with Crippen molar-refractivity contribution in [2.24, 2.45) is 0 Å². The molecule has 0 bridgehead atoms. The van der Waals surface area contributed by atoms with E-state index in [1.165, 1.54) is 36.5 Å². The van der Waals surface area contributed by atoms with Crippen LogP contribution in [0.4, 0.5) is 11.4 Å². The molecule has 3 rings (SSSR count). The lowest BCUT2D eigenvalue weighted by molar-refractivity contribution is -0.114. The van der Waals surface area contributed by atoms with Crippen LogP contribution in [0.3, 0.4) is 0 Å². The van der Waals surface area contributed by atoms with Crippen LogP contribution in [0.15, 0.2) is 47.4 Å². The van der Waals surface area contributed by atoms with Gasteiger partial charge in [-0.2, -0.15) is 4.31 Å². The van der Waals surface area contributed by atoms with E-state index in [0.29, 0.717) is 37.6 Å². The smallest absolute Gasteiger partial charge is 0.259 e. The molecule has 2 N–H and O–H groups in total. The number of ether oxygens (including phenoxy) is 1. The van der Waals surface area contributed by atoms with Crippen molar-refractivity contribution < 1.29 is 22.7 Å². The largest absolute Gasteiger partial charge is 0.496 e. The highest BCUT2D eigenvalue weighted by Gasteiger charge is 2.29. The van der Waals surface area contributed by atoms with Crippen LogP contribution in [-0.2, 0) is 14.8 Å². The maximum absolute atomic E-state index is 13.1. The van der Waals surface area contributed by atoms with Crippen molar-refractivity contribution in [2.45, 2.75) is 11.8 Å². The number of carbonyl (C=O) groups excluding carboxylic acids is 2. The van der Waals surface area contributed by atoms with Gasteiger partial charge in [0.05, 0.1) is 17.6 Å². The minimum Gasteiger partial charge on any atom is -0.496 e. The Morgan fingerprint density at radius 1 is 0.935 bits per heavy atom. The molecule has 1 saturated heterocycles. The highest BCUT2D eigenvalue weighted by molar-refractivity contribution is 7.89. The summed E-state index contributed by atoms with van der Waals surface area (Å²) in [7, 11) is -0.359. The average Bonchev–Trinajstić information content (AvgIpc) is 2.74. The van der Waals surface area contributed by atoms with Crippen LogP contribution in [0.1, 0.15) is 17.3 Å². The molecule has 0 spiro atoms. The van der Waals surface area contributed by atoms with Crippen LogP contribution in [0, 0.1) is 0 Å². The molecule has 10 heteroatoms. The molecular weight excluding hydrogens is 420 g/mol. The fourth-order valence-electron chi connectivity index (χ4n) is 3.24. The molecule has 0 aromatic heterocycles. The van der Waals surface area contributed by atoms with E-state index < -0.39 is 15.9 Å². The van der Waals surface area contributed by atoms with Crippen molar-refractivity contribution in [3.05, 3.63) is 48.0 Å². The van der Waals surface area contributed by atoms with Gasteiger partial charge in [0, 0.05) is 44.5 Å². The second kappa shape index (κ2) is 9.46. The average molecular weight is 447 g/mol. The van der Waals surface area contributed by atoms with Gasteiger partial charge in [0.25, 0.3) is 5.91 Å². The number of likely N-dealkylation sites (N-methyl/N-ethyl adjacent to an activating group) is 1. The number of nitrogens with zero attached hydrogens (tertiary/aromatic N) is 2. The number of piperazine rings is 1. The van der Waals surface area contributed by atoms with Gasteiger partial charge in [0.15, 0.2) is 0 Å². The molecule has 0 unspecified atom stereocenters. The quantitative estimate of drug-likeness (QED) is 0.701. The molecule has 0 radical (unpaired) electrons. The monoisotopic (exact) mass is 446 g/mol. The van der Waals surface area contributed by atoms with E-state index in [1.807, 2.05) is 7.05 Å². The number of benzene rings is 2. The summed E-state index contributed by atoms with van der Waals surface area (Å²) in [6.45, 7) is 3.50. The van der Waals surface area contributed by atoms with Gasteiger partial charge < -0.3 is 20.3 Å². The molecule has 2 aromatic rings. The van der Waals surface area contributed by atoms with Crippen molar-refractivity contribution in [2.75, 3.05) is 51.0 Å². The van der Waals surface area contributed by atoms with Crippen LogP contribution >= 0.6 is 0 Å². The molecule has 0 atom stereocenters. The van der Waals surface area contributed by atoms with Crippen LogP contribution in [0.2, 0.25) is 0 Å². The lowest BCUT2D eigenvalue weighted by Gasteiger charge is -2.31. The number of hydrogen-bond acceptors (Lipinski definition) is 6. The Kier molecular flexibility index (Phi) is 6.94. The van der Waals surface area contributed by atoms with Gasteiger partial charge in [-0.1, -0.05) is 0 Å². The molecule has 1 heterocycles. The predicted octanol–water partition coefficient (Wildman–Crippen LogP) is 1.84. The number of hydrogen-bond donors (Lipinski definition) is 2. The first-order chi connectivity index (χ1) is 14.7. The van der Waals surface area contributed by atoms with Crippen molar-refractivity contribution in [3.8, 4) is 5.75 Å². The number of carbonyl (C=O) groups is 2. The van der Waals surface area contributed by atoms with Gasteiger partial charge in [-0.3, -0.25) is 9.59 Å². The van der Waals surface area contributed by atoms with Crippen molar-refractivity contribution in [1.82, 2.24) is 9.21 Å². The van der Waals surface area contributed by atoms with E-state index >= 15 is 0 Å². The van der Waals surface area contributed by atoms with Crippen LogP contribution in [-0.4, -0.2) is 69.8 Å². The third kappa shape index (κ3) is 5.40. The van der Waals surface area contributed by atoms with Gasteiger partial charge in [0.1, 0.15) is 5.75 Å². The number of methoxy groups -OCH3 is 1. The van der Waals surface area contributed by atoms with E-state index in [4.69, 9.17) is 4.74 Å². The third-order valence-corrected chi connectivity index (χ3v) is 6.87. The lowest BCUT2D eigenvalue weighted by atomic mass is 10.1. The summed E-state index contributed by atoms with van der Waals surface area (Å²) in [4.78, 5) is 26.1. The van der Waals surface area contributed by atoms with Crippen LogP contribution in [0.25, 0.3) is 0 Å². The number of anilines is 2. The minimum absolute atomic E-state index is 0.0454. The van der Waals surface area contributed by atoms with Crippen LogP contribution in [0.5, 0.6) is 5.75 Å². The summed E-state index contributed by atoms with van der Waals surface area (Å²) in [5.74, 6) is -0.427. The first-order valence-electron chi connectivity index (χ1n) is 9.76. The number of amides is 2. The fraction of sp³-hybridized carbons (Fsp3) is 0.333. The Labute approximate surface area is 182 Å². The molecule has 166 valence electrons. The van der Waals surface area contributed by atoms with Crippen molar-refractivity contribution in [3.63, 3.8) is 0 Å². The van der Waals surface area contributed by atoms with Crippen molar-refractivity contribution in [1.29, 1.82) is 0 Å². The summed E-state index contributed by atoms with van der Waals surface area (Å²) in [5.41, 5.74) is 1.21. The van der Waals surface area contributed by atoms with Gasteiger partial charge >= 0.3 is 0 Å². The highest BCUT2D eigenvalue weighted by Crippen LogP contribution is 2.26. The van der Waals surface area contributed by atoms with Crippen molar-refractivity contribution >= 4 is 33.2 Å². The zero-order valence-electron chi connectivity index (χ0n) is 17.7. The van der Waals surface area contributed by atoms with Gasteiger partial charge in [-0.05, 0) is 49.5 Å². The molecule has 0 aliphatic carbocycles. The Hall–Kier alpha value is -2.95. The second-order valence-electron chi connectivity index (χ2n) is 7.28. The lowest BCUT2D eigenvalue weighted by Crippen LogP contribution is -2.47. The Morgan fingerprint density at radius 2 is 1.52 bits per heavy atom. The Morgan fingerprint density at radius 3 is 2.06 bits per heavy atom. The van der Waals surface area contributed by atoms with E-state index in [9.17, 15) is 18.0 Å². The summed E-state index contributed by atoms with van der Waals surface area (Å²) in [6.07, 6.45) is 0. The summed E-state index contributed by atoms with van der Waals surface area (Å²) >= 11 is 0. The molecular formula is C21H26N4O5S. The standard InChI is InChI=1S/C21H26N4O5S/c1-15(26)22-16-4-6-17(7-5-16)23-21(27)19-14-18(8-9-20(19)30-3)31(28,29)25-12-10-24(2)11-13-25/h4-9,14H,10-13H2,1-3H3,(H,22,26)(H,23,27). The molecule has 9 nitrogen and oxygen atoms in total. The Bertz CT molecular complexity index is 1060. The maximum Gasteiger partial charge on any atom is 0.259 e. The van der Waals surface area contributed by atoms with Gasteiger partial charge in [-0.15, -0.1) is 0 Å². The summed E-state index contributed by atoms with van der Waals surface area (Å²) in [6, 6.07) is 10.9. The van der Waals surface area contributed by atoms with E-state index in [1.54, 1.807) is 24.3 Å². The first-order valence-corrected chi connectivity index (χ1v) is 11.2. The van der Waals surface area contributed by atoms with E-state index in [0.717, 1.165) is 0 Å². The van der Waals surface area contributed by atoms with E-state index in [2.05, 4.69) is 15.5 Å². The SMILES string of the molecule is COc1ccc(S(=O)(=O)N2CCN(C)CC2)cc1C(=O)Nc1ccc(NC(C)=O)cc1. The second-order valence-corrected chi connectivity index (χ2v) is 9.22. The van der Waals surface area contributed by atoms with Gasteiger partial charge in [-0.25, -0.2) is 8.42 Å². The molecule has 1 fully saturated rings. The topological polar surface area (TPSA) is 108 Å². The van der Waals surface area contributed by atoms with Gasteiger partial charge in [0.2, 0.25) is 15.9 Å². The predicted molar refractivity (Wildman–Crippen MR) is 118 cm³/mol. The molecule has 2 amide bonds. The molecule has 31 heavy (non-hydrogen) atoms. The number of rotatable bonds is 6. The molecule has 1 aliphatic heterocycles. The number of nitrogens with one attached hydrogen (secondary N) is 2. The normalized spacial score (nSPS) is 15.3. The summed E-state index contributed by atoms with van der Waals surface area (Å²) in [5, 5.41) is 5.38. The summed E-state index contributed by atoms with van der Waals surface area (Å²) < 4.78 is 32.8. The molecule has 0 saturated carbocycles. The maximum atomic E-state index is 13.1. The van der Waals surface area contributed by atoms with E-state index in [-0.39, 0.29) is 22.1 Å².